The van der Waals surface area contributed by atoms with Gasteiger partial charge in [-0.1, -0.05) is 25.1 Å². The lowest BCUT2D eigenvalue weighted by atomic mass is 10.1. The van der Waals surface area contributed by atoms with Crippen LogP contribution < -0.4 is 10.2 Å². The summed E-state index contributed by atoms with van der Waals surface area (Å²) in [5.41, 5.74) is 2.41. The van der Waals surface area contributed by atoms with Crippen molar-refractivity contribution in [1.29, 1.82) is 0 Å². The molecular weight excluding hydrogens is 224 g/mol. The summed E-state index contributed by atoms with van der Waals surface area (Å²) >= 11 is 0. The maximum absolute atomic E-state index is 12.2. The number of nitrogens with zero attached hydrogens (tertiary/aromatic N) is 1. The summed E-state index contributed by atoms with van der Waals surface area (Å²) in [6.45, 7) is 2.91. The molecule has 1 heterocycles. The quantitative estimate of drug-likeness (QED) is 0.884. The van der Waals surface area contributed by atoms with Crippen LogP contribution in [0.1, 0.15) is 31.7 Å². The first kappa shape index (κ1) is 13.1. The average molecular weight is 246 g/mol. The molecule has 0 radical (unpaired) electrons. The zero-order valence-electron chi connectivity index (χ0n) is 11.3. The summed E-state index contributed by atoms with van der Waals surface area (Å²) in [4.78, 5) is 14.2. The standard InChI is InChI=1S/C15H22N2O/c1-3-13(16-2)11-17-14-9-5-4-7-12(14)8-6-10-15(17)18/h4-5,7,9,13,16H,3,6,8,10-11H2,1-2H3. The van der Waals surface area contributed by atoms with Gasteiger partial charge in [-0.15, -0.1) is 0 Å². The van der Waals surface area contributed by atoms with Crippen LogP contribution >= 0.6 is 0 Å². The average Bonchev–Trinajstić information content (AvgIpc) is 2.55. The van der Waals surface area contributed by atoms with Crippen molar-refractivity contribution in [2.45, 2.75) is 38.6 Å². The number of amides is 1. The predicted octanol–water partition coefficient (Wildman–Crippen LogP) is 2.35. The molecule has 0 saturated carbocycles. The number of para-hydroxylation sites is 1. The molecule has 1 atom stereocenters. The van der Waals surface area contributed by atoms with Crippen LogP contribution in [0.3, 0.4) is 0 Å². The number of carbonyl (C=O) groups excluding carboxylic acids is 1. The van der Waals surface area contributed by atoms with Gasteiger partial charge in [-0.2, -0.15) is 0 Å². The van der Waals surface area contributed by atoms with Gasteiger partial charge in [0.25, 0.3) is 0 Å². The zero-order valence-corrected chi connectivity index (χ0v) is 11.3. The number of hydrogen-bond donors (Lipinski definition) is 1. The second kappa shape index (κ2) is 6.01. The maximum atomic E-state index is 12.2. The minimum Gasteiger partial charge on any atom is -0.315 e. The first-order valence-electron chi connectivity index (χ1n) is 6.81. The van der Waals surface area contributed by atoms with Gasteiger partial charge in [-0.25, -0.2) is 0 Å². The third-order valence-electron chi connectivity index (χ3n) is 3.72. The van der Waals surface area contributed by atoms with Crippen LogP contribution in [0.15, 0.2) is 24.3 Å². The fourth-order valence-electron chi connectivity index (χ4n) is 2.53. The third-order valence-corrected chi connectivity index (χ3v) is 3.72. The monoisotopic (exact) mass is 246 g/mol. The molecule has 0 fully saturated rings. The van der Waals surface area contributed by atoms with Crippen LogP contribution in [0.4, 0.5) is 5.69 Å². The van der Waals surface area contributed by atoms with Crippen molar-refractivity contribution in [1.82, 2.24) is 5.32 Å². The molecule has 0 saturated heterocycles. The van der Waals surface area contributed by atoms with E-state index in [-0.39, 0.29) is 5.91 Å². The molecule has 18 heavy (non-hydrogen) atoms. The lowest BCUT2D eigenvalue weighted by Crippen LogP contribution is -2.42. The second-order valence-electron chi connectivity index (χ2n) is 4.88. The fraction of sp³-hybridized carbons (Fsp3) is 0.533. The summed E-state index contributed by atoms with van der Waals surface area (Å²) in [5, 5.41) is 3.28. The number of carbonyl (C=O) groups is 1. The minimum atomic E-state index is 0.258. The van der Waals surface area contributed by atoms with E-state index in [0.29, 0.717) is 12.5 Å². The Hall–Kier alpha value is -1.35. The minimum absolute atomic E-state index is 0.258. The van der Waals surface area contributed by atoms with E-state index in [4.69, 9.17) is 0 Å². The predicted molar refractivity (Wildman–Crippen MR) is 74.9 cm³/mol. The molecule has 1 aromatic carbocycles. The molecule has 1 unspecified atom stereocenters. The van der Waals surface area contributed by atoms with Crippen molar-refractivity contribution in [3.05, 3.63) is 29.8 Å². The number of hydrogen-bond acceptors (Lipinski definition) is 2. The molecule has 1 amide bonds. The lowest BCUT2D eigenvalue weighted by molar-refractivity contribution is -0.118. The number of rotatable bonds is 4. The molecule has 1 N–H and O–H groups in total. The van der Waals surface area contributed by atoms with Gasteiger partial charge in [0.2, 0.25) is 5.91 Å². The maximum Gasteiger partial charge on any atom is 0.227 e. The van der Waals surface area contributed by atoms with Crippen LogP contribution in [0.5, 0.6) is 0 Å². The van der Waals surface area contributed by atoms with Crippen molar-refractivity contribution < 1.29 is 4.79 Å². The number of fused-ring (bicyclic) bond motifs is 1. The van der Waals surface area contributed by atoms with Gasteiger partial charge in [0, 0.05) is 24.7 Å². The molecule has 1 aliphatic heterocycles. The first-order valence-corrected chi connectivity index (χ1v) is 6.81. The van der Waals surface area contributed by atoms with Gasteiger partial charge in [-0.3, -0.25) is 4.79 Å². The Morgan fingerprint density at radius 2 is 2.11 bits per heavy atom. The van der Waals surface area contributed by atoms with Crippen molar-refractivity contribution in [3.63, 3.8) is 0 Å². The van der Waals surface area contributed by atoms with E-state index in [0.717, 1.165) is 31.5 Å². The molecular formula is C15H22N2O. The molecule has 0 aliphatic carbocycles. The van der Waals surface area contributed by atoms with Gasteiger partial charge in [0.05, 0.1) is 0 Å². The van der Waals surface area contributed by atoms with Crippen LogP contribution in [0.2, 0.25) is 0 Å². The summed E-state index contributed by atoms with van der Waals surface area (Å²) < 4.78 is 0. The highest BCUT2D eigenvalue weighted by Crippen LogP contribution is 2.26. The van der Waals surface area contributed by atoms with Gasteiger partial charge in [0.1, 0.15) is 0 Å². The summed E-state index contributed by atoms with van der Waals surface area (Å²) in [6.07, 6.45) is 3.66. The summed E-state index contributed by atoms with van der Waals surface area (Å²) in [6, 6.07) is 8.65. The first-order chi connectivity index (χ1) is 8.76. The third kappa shape index (κ3) is 2.72. The molecule has 3 nitrogen and oxygen atoms in total. The van der Waals surface area contributed by atoms with Crippen LogP contribution in [-0.4, -0.2) is 25.5 Å². The van der Waals surface area contributed by atoms with Crippen molar-refractivity contribution in [3.8, 4) is 0 Å². The van der Waals surface area contributed by atoms with E-state index in [2.05, 4.69) is 30.4 Å². The highest BCUT2D eigenvalue weighted by atomic mass is 16.2. The van der Waals surface area contributed by atoms with E-state index in [1.54, 1.807) is 0 Å². The van der Waals surface area contributed by atoms with Gasteiger partial charge < -0.3 is 10.2 Å². The highest BCUT2D eigenvalue weighted by Gasteiger charge is 2.23. The van der Waals surface area contributed by atoms with Gasteiger partial charge in [0.15, 0.2) is 0 Å². The summed E-state index contributed by atoms with van der Waals surface area (Å²) in [5.74, 6) is 0.258. The molecule has 3 heteroatoms. The molecule has 98 valence electrons. The Morgan fingerprint density at radius 1 is 1.33 bits per heavy atom. The number of benzene rings is 1. The van der Waals surface area contributed by atoms with Crippen LogP contribution in [0, 0.1) is 0 Å². The highest BCUT2D eigenvalue weighted by molar-refractivity contribution is 5.94. The Balaban J connectivity index is 2.28. The zero-order chi connectivity index (χ0) is 13.0. The lowest BCUT2D eigenvalue weighted by Gasteiger charge is -2.27. The van der Waals surface area contributed by atoms with E-state index >= 15 is 0 Å². The molecule has 0 aromatic heterocycles. The molecule has 0 spiro atoms. The Labute approximate surface area is 109 Å². The van der Waals surface area contributed by atoms with Crippen molar-refractivity contribution in [2.24, 2.45) is 0 Å². The number of likely N-dealkylation sites (N-methyl/N-ethyl adjacent to an activating group) is 1. The topological polar surface area (TPSA) is 32.3 Å². The largest absolute Gasteiger partial charge is 0.315 e. The normalized spacial score (nSPS) is 17.2. The van der Waals surface area contributed by atoms with Gasteiger partial charge in [-0.05, 0) is 37.9 Å². The molecule has 1 aliphatic rings. The van der Waals surface area contributed by atoms with Crippen LogP contribution in [-0.2, 0) is 11.2 Å². The summed E-state index contributed by atoms with van der Waals surface area (Å²) in [7, 11) is 1.96. The van der Waals surface area contributed by atoms with E-state index in [1.165, 1.54) is 5.56 Å². The van der Waals surface area contributed by atoms with Crippen molar-refractivity contribution in [2.75, 3.05) is 18.5 Å². The van der Waals surface area contributed by atoms with Crippen molar-refractivity contribution >= 4 is 11.6 Å². The SMILES string of the molecule is CCC(CN1C(=O)CCCc2ccccc21)NC. The van der Waals surface area contributed by atoms with E-state index < -0.39 is 0 Å². The Morgan fingerprint density at radius 3 is 2.83 bits per heavy atom. The smallest absolute Gasteiger partial charge is 0.227 e. The molecule has 1 aromatic rings. The second-order valence-corrected chi connectivity index (χ2v) is 4.88. The molecule has 2 rings (SSSR count). The van der Waals surface area contributed by atoms with E-state index in [9.17, 15) is 4.79 Å². The van der Waals surface area contributed by atoms with E-state index in [1.807, 2.05) is 18.0 Å². The number of nitrogens with one attached hydrogen (secondary N) is 1. The van der Waals surface area contributed by atoms with Crippen LogP contribution in [0.25, 0.3) is 0 Å². The van der Waals surface area contributed by atoms with Gasteiger partial charge >= 0.3 is 0 Å². The number of anilines is 1. The molecule has 0 bridgehead atoms. The fourth-order valence-corrected chi connectivity index (χ4v) is 2.53. The number of aryl methyl sites for hydroxylation is 1. The Kier molecular flexibility index (Phi) is 4.37. The Bertz CT molecular complexity index is 413.